The van der Waals surface area contributed by atoms with Crippen molar-refractivity contribution in [2.45, 2.75) is 13.5 Å². The maximum absolute atomic E-state index is 13.7. The smallest absolute Gasteiger partial charge is 0.277 e. The van der Waals surface area contributed by atoms with Gasteiger partial charge in [-0.25, -0.2) is 9.87 Å². The van der Waals surface area contributed by atoms with E-state index in [1.165, 1.54) is 12.1 Å². The molecule has 0 spiro atoms. The minimum Gasteiger partial charge on any atom is -0.355 e. The summed E-state index contributed by atoms with van der Waals surface area (Å²) in [6.45, 7) is 2.19. The Kier molecular flexibility index (Phi) is 6.41. The largest absolute Gasteiger partial charge is 0.355 e. The second-order valence-electron chi connectivity index (χ2n) is 5.98. The second kappa shape index (κ2) is 8.96. The Balaban J connectivity index is 1.74. The number of hydrogen-bond acceptors (Lipinski definition) is 3. The molecule has 4 nitrogen and oxygen atoms in total. The first-order valence-electron chi connectivity index (χ1n) is 8.32. The van der Waals surface area contributed by atoms with Gasteiger partial charge in [-0.3, -0.25) is 9.63 Å². The second-order valence-corrected chi connectivity index (χ2v) is 7.23. The highest BCUT2D eigenvalue weighted by molar-refractivity contribution is 14.1. The van der Waals surface area contributed by atoms with Crippen LogP contribution in [0.15, 0.2) is 66.7 Å². The number of aryl methyl sites for hydroxylation is 1. The Labute approximate surface area is 170 Å². The Hall–Kier alpha value is -2.45. The summed E-state index contributed by atoms with van der Waals surface area (Å²) in [6.07, 6.45) is 0. The number of rotatable bonds is 6. The summed E-state index contributed by atoms with van der Waals surface area (Å²) in [5, 5.41) is 3.20. The molecular formula is C21H18FIN2O2. The van der Waals surface area contributed by atoms with Gasteiger partial charge in [0.25, 0.3) is 5.91 Å². The third-order valence-electron chi connectivity index (χ3n) is 3.93. The summed E-state index contributed by atoms with van der Waals surface area (Å²) < 4.78 is 14.8. The van der Waals surface area contributed by atoms with Gasteiger partial charge in [-0.2, -0.15) is 0 Å². The third-order valence-corrected chi connectivity index (χ3v) is 4.60. The number of amides is 1. The first-order valence-corrected chi connectivity index (χ1v) is 9.39. The van der Waals surface area contributed by atoms with Crippen LogP contribution in [0.1, 0.15) is 21.5 Å². The fourth-order valence-electron chi connectivity index (χ4n) is 2.54. The van der Waals surface area contributed by atoms with E-state index in [0.717, 1.165) is 20.4 Å². The molecule has 6 heteroatoms. The molecule has 3 aromatic carbocycles. The molecule has 0 bridgehead atoms. The first-order chi connectivity index (χ1) is 13.0. The van der Waals surface area contributed by atoms with Gasteiger partial charge in [-0.15, -0.1) is 0 Å². The van der Waals surface area contributed by atoms with E-state index in [-0.39, 0.29) is 12.2 Å². The Morgan fingerprint density at radius 3 is 2.52 bits per heavy atom. The van der Waals surface area contributed by atoms with Crippen molar-refractivity contribution in [1.82, 2.24) is 5.48 Å². The van der Waals surface area contributed by atoms with Gasteiger partial charge in [0.2, 0.25) is 0 Å². The van der Waals surface area contributed by atoms with E-state index in [4.69, 9.17) is 4.84 Å². The fourth-order valence-corrected chi connectivity index (χ4v) is 3.19. The predicted molar refractivity (Wildman–Crippen MR) is 112 cm³/mol. The lowest BCUT2D eigenvalue weighted by Gasteiger charge is -2.14. The molecule has 3 aromatic rings. The van der Waals surface area contributed by atoms with Gasteiger partial charge >= 0.3 is 0 Å². The first kappa shape index (κ1) is 19.3. The zero-order chi connectivity index (χ0) is 19.2. The third kappa shape index (κ3) is 5.27. The molecule has 0 fully saturated rings. The van der Waals surface area contributed by atoms with Crippen molar-refractivity contribution in [3.05, 3.63) is 92.8 Å². The molecule has 0 aromatic heterocycles. The molecule has 0 aliphatic heterocycles. The molecule has 0 aliphatic rings. The summed E-state index contributed by atoms with van der Waals surface area (Å²) in [6, 6.07) is 19.4. The van der Waals surface area contributed by atoms with Gasteiger partial charge in [-0.05, 0) is 77.0 Å². The van der Waals surface area contributed by atoms with Gasteiger partial charge in [-0.1, -0.05) is 30.3 Å². The van der Waals surface area contributed by atoms with Crippen molar-refractivity contribution in [2.24, 2.45) is 0 Å². The Bertz CT molecular complexity index is 948. The molecule has 0 unspecified atom stereocenters. The van der Waals surface area contributed by atoms with E-state index in [9.17, 15) is 9.18 Å². The summed E-state index contributed by atoms with van der Waals surface area (Å²) >= 11 is 2.24. The standard InChI is InChI=1S/C21H18FIN2O2/c1-14-11-17(23)8-10-19(14)24-20-9-7-16(22)12-18(20)21(26)25-27-13-15-5-3-2-4-6-15/h2-12,24H,13H2,1H3,(H,25,26). The number of carbonyl (C=O) groups excluding carboxylic acids is 1. The quantitative estimate of drug-likeness (QED) is 0.373. The van der Waals surface area contributed by atoms with E-state index >= 15 is 0 Å². The average Bonchev–Trinajstić information content (AvgIpc) is 2.66. The highest BCUT2D eigenvalue weighted by Crippen LogP contribution is 2.25. The molecule has 1 amide bonds. The van der Waals surface area contributed by atoms with Crippen molar-refractivity contribution >= 4 is 39.9 Å². The van der Waals surface area contributed by atoms with Crippen molar-refractivity contribution in [1.29, 1.82) is 0 Å². The van der Waals surface area contributed by atoms with Gasteiger partial charge in [0.1, 0.15) is 5.82 Å². The molecule has 0 aliphatic carbocycles. The lowest BCUT2D eigenvalue weighted by Crippen LogP contribution is -2.24. The zero-order valence-electron chi connectivity index (χ0n) is 14.6. The Morgan fingerprint density at radius 1 is 1.04 bits per heavy atom. The SMILES string of the molecule is Cc1cc(I)ccc1Nc1ccc(F)cc1C(=O)NOCc1ccccc1. The monoisotopic (exact) mass is 476 g/mol. The van der Waals surface area contributed by atoms with Crippen LogP contribution in [0.25, 0.3) is 0 Å². The molecule has 27 heavy (non-hydrogen) atoms. The highest BCUT2D eigenvalue weighted by atomic mass is 127. The van der Waals surface area contributed by atoms with Crippen molar-refractivity contribution < 1.29 is 14.0 Å². The average molecular weight is 476 g/mol. The lowest BCUT2D eigenvalue weighted by molar-refractivity contribution is 0.0234. The minimum absolute atomic E-state index is 0.168. The molecule has 3 rings (SSSR count). The number of nitrogens with one attached hydrogen (secondary N) is 2. The Morgan fingerprint density at radius 2 is 1.78 bits per heavy atom. The van der Waals surface area contributed by atoms with E-state index in [2.05, 4.69) is 33.4 Å². The van der Waals surface area contributed by atoms with Gasteiger partial charge in [0.05, 0.1) is 17.9 Å². The molecule has 0 saturated carbocycles. The van der Waals surface area contributed by atoms with Crippen LogP contribution in [0.4, 0.5) is 15.8 Å². The summed E-state index contributed by atoms with van der Waals surface area (Å²) in [5.41, 5.74) is 5.84. The van der Waals surface area contributed by atoms with E-state index in [0.29, 0.717) is 5.69 Å². The summed E-state index contributed by atoms with van der Waals surface area (Å²) in [7, 11) is 0. The van der Waals surface area contributed by atoms with Gasteiger partial charge in [0, 0.05) is 9.26 Å². The number of hydroxylamine groups is 1. The lowest BCUT2D eigenvalue weighted by atomic mass is 10.1. The van der Waals surface area contributed by atoms with Crippen LogP contribution in [-0.2, 0) is 11.4 Å². The molecule has 2 N–H and O–H groups in total. The molecule has 0 saturated heterocycles. The number of hydrogen-bond donors (Lipinski definition) is 2. The maximum Gasteiger partial charge on any atom is 0.277 e. The topological polar surface area (TPSA) is 50.4 Å². The fraction of sp³-hybridized carbons (Fsp3) is 0.0952. The molecule has 0 heterocycles. The predicted octanol–water partition coefficient (Wildman–Crippen LogP) is 5.34. The highest BCUT2D eigenvalue weighted by Gasteiger charge is 2.14. The van der Waals surface area contributed by atoms with Crippen LogP contribution < -0.4 is 10.8 Å². The molecule has 138 valence electrons. The summed E-state index contributed by atoms with van der Waals surface area (Å²) in [4.78, 5) is 17.8. The summed E-state index contributed by atoms with van der Waals surface area (Å²) in [5.74, 6) is -1.01. The molecule has 0 atom stereocenters. The van der Waals surface area contributed by atoms with E-state index < -0.39 is 11.7 Å². The minimum atomic E-state index is -0.518. The molecular weight excluding hydrogens is 458 g/mol. The van der Waals surface area contributed by atoms with Crippen molar-refractivity contribution in [3.63, 3.8) is 0 Å². The van der Waals surface area contributed by atoms with Crippen LogP contribution >= 0.6 is 22.6 Å². The van der Waals surface area contributed by atoms with Gasteiger partial charge in [0.15, 0.2) is 0 Å². The number of anilines is 2. The van der Waals surface area contributed by atoms with Gasteiger partial charge < -0.3 is 5.32 Å². The van der Waals surface area contributed by atoms with Crippen molar-refractivity contribution in [2.75, 3.05) is 5.32 Å². The number of benzene rings is 3. The zero-order valence-corrected chi connectivity index (χ0v) is 16.8. The normalized spacial score (nSPS) is 10.5. The van der Waals surface area contributed by atoms with Crippen LogP contribution in [0.5, 0.6) is 0 Å². The van der Waals surface area contributed by atoms with Crippen LogP contribution in [-0.4, -0.2) is 5.91 Å². The number of halogens is 2. The number of carbonyl (C=O) groups is 1. The maximum atomic E-state index is 13.7. The molecule has 0 radical (unpaired) electrons. The van der Waals surface area contributed by atoms with Crippen LogP contribution in [0, 0.1) is 16.3 Å². The van der Waals surface area contributed by atoms with Crippen LogP contribution in [0.2, 0.25) is 0 Å². The van der Waals surface area contributed by atoms with Crippen molar-refractivity contribution in [3.8, 4) is 0 Å². The van der Waals surface area contributed by atoms with Crippen LogP contribution in [0.3, 0.4) is 0 Å². The van der Waals surface area contributed by atoms with E-state index in [1.54, 1.807) is 6.07 Å². The van der Waals surface area contributed by atoms with E-state index in [1.807, 2.05) is 55.5 Å².